The first-order chi connectivity index (χ1) is 11.8. The lowest BCUT2D eigenvalue weighted by molar-refractivity contribution is 0.561. The van der Waals surface area contributed by atoms with Crippen molar-refractivity contribution in [2.24, 2.45) is 4.40 Å². The highest BCUT2D eigenvalue weighted by molar-refractivity contribution is 9.10. The third kappa shape index (κ3) is 4.70. The molecule has 0 saturated heterocycles. The summed E-state index contributed by atoms with van der Waals surface area (Å²) in [6.07, 6.45) is 0. The van der Waals surface area contributed by atoms with Gasteiger partial charge in [-0.3, -0.25) is 0 Å². The lowest BCUT2D eigenvalue weighted by Gasteiger charge is -2.20. The lowest BCUT2D eigenvalue weighted by Crippen LogP contribution is -2.27. The van der Waals surface area contributed by atoms with Crippen molar-refractivity contribution >= 4 is 33.0 Å². The molecule has 6 heteroatoms. The van der Waals surface area contributed by atoms with Gasteiger partial charge in [0.25, 0.3) is 0 Å². The van der Waals surface area contributed by atoms with Crippen LogP contribution in [0.3, 0.4) is 0 Å². The minimum atomic E-state index is -1.51. The average molecular weight is 414 g/mol. The van der Waals surface area contributed by atoms with Crippen LogP contribution in [0.1, 0.15) is 43.0 Å². The Labute approximate surface area is 159 Å². The average Bonchev–Trinajstić information content (AvgIpc) is 2.58. The second kappa shape index (κ2) is 7.84. The summed E-state index contributed by atoms with van der Waals surface area (Å²) in [6.45, 7) is 5.51. The maximum absolute atomic E-state index is 12.6. The van der Waals surface area contributed by atoms with E-state index in [2.05, 4.69) is 32.5 Å². The molecule has 0 heterocycles. The SMILES string of the molecule is CC(C)(C)[S+]([O-])N=C(c1cccc(Br)c1)c1cc(C#N)ccc1C#N. The molecule has 0 aliphatic heterocycles. The third-order valence-electron chi connectivity index (χ3n) is 3.32. The molecule has 126 valence electrons. The Morgan fingerprint density at radius 2 is 1.84 bits per heavy atom. The van der Waals surface area contributed by atoms with Gasteiger partial charge >= 0.3 is 0 Å². The third-order valence-corrected chi connectivity index (χ3v) is 5.21. The Balaban J connectivity index is 2.75. The summed E-state index contributed by atoms with van der Waals surface area (Å²) in [4.78, 5) is 0. The summed E-state index contributed by atoms with van der Waals surface area (Å²) in [5.74, 6) is 0. The summed E-state index contributed by atoms with van der Waals surface area (Å²) < 4.78 is 17.3. The summed E-state index contributed by atoms with van der Waals surface area (Å²) in [7, 11) is 0. The molecule has 0 radical (unpaired) electrons. The summed E-state index contributed by atoms with van der Waals surface area (Å²) >= 11 is 1.91. The van der Waals surface area contributed by atoms with E-state index >= 15 is 0 Å². The van der Waals surface area contributed by atoms with Crippen LogP contribution in [0, 0.1) is 22.7 Å². The van der Waals surface area contributed by atoms with E-state index in [-0.39, 0.29) is 0 Å². The highest BCUT2D eigenvalue weighted by Gasteiger charge is 2.28. The van der Waals surface area contributed by atoms with Crippen LogP contribution in [-0.2, 0) is 11.4 Å². The van der Waals surface area contributed by atoms with Gasteiger partial charge in [-0.1, -0.05) is 32.5 Å². The van der Waals surface area contributed by atoms with Gasteiger partial charge < -0.3 is 4.55 Å². The second-order valence-electron chi connectivity index (χ2n) is 6.30. The van der Waals surface area contributed by atoms with Crippen molar-refractivity contribution in [3.8, 4) is 12.1 Å². The molecular formula is C19H16BrN3OS. The first-order valence-electron chi connectivity index (χ1n) is 7.47. The van der Waals surface area contributed by atoms with E-state index in [9.17, 15) is 15.1 Å². The number of nitriles is 2. The van der Waals surface area contributed by atoms with Crippen molar-refractivity contribution in [2.45, 2.75) is 25.5 Å². The van der Waals surface area contributed by atoms with Crippen LogP contribution < -0.4 is 0 Å². The smallest absolute Gasteiger partial charge is 0.144 e. The molecule has 2 aromatic rings. The molecule has 25 heavy (non-hydrogen) atoms. The molecule has 4 nitrogen and oxygen atoms in total. The van der Waals surface area contributed by atoms with Crippen LogP contribution in [0.2, 0.25) is 0 Å². The molecule has 0 amide bonds. The standard InChI is InChI=1S/C19H16BrN3OS/c1-19(2,3)25(24)23-18(14-5-4-6-16(20)10-14)17-9-13(11-21)7-8-15(17)12-22/h4-10H,1-3H3. The zero-order valence-corrected chi connectivity index (χ0v) is 16.5. The number of nitrogens with zero attached hydrogens (tertiary/aromatic N) is 3. The molecule has 2 aromatic carbocycles. The predicted octanol–water partition coefficient (Wildman–Crippen LogP) is 4.49. The highest BCUT2D eigenvalue weighted by atomic mass is 79.9. The number of hydrogen-bond acceptors (Lipinski definition) is 4. The minimum Gasteiger partial charge on any atom is -0.591 e. The van der Waals surface area contributed by atoms with Gasteiger partial charge in [0.2, 0.25) is 0 Å². The quantitative estimate of drug-likeness (QED) is 0.548. The number of benzene rings is 2. The summed E-state index contributed by atoms with van der Waals surface area (Å²) in [5, 5.41) is 18.6. The normalized spacial score (nSPS) is 13.0. The molecule has 2 rings (SSSR count). The van der Waals surface area contributed by atoms with E-state index in [1.54, 1.807) is 18.2 Å². The van der Waals surface area contributed by atoms with Crippen molar-refractivity contribution in [3.63, 3.8) is 0 Å². The number of rotatable bonds is 3. The highest BCUT2D eigenvalue weighted by Crippen LogP contribution is 2.24. The summed E-state index contributed by atoms with van der Waals surface area (Å²) in [5.41, 5.74) is 2.45. The molecular weight excluding hydrogens is 398 g/mol. The topological polar surface area (TPSA) is 83.0 Å². The summed E-state index contributed by atoms with van der Waals surface area (Å²) in [6, 6.07) is 16.4. The van der Waals surface area contributed by atoms with Gasteiger partial charge in [-0.25, -0.2) is 0 Å². The van der Waals surface area contributed by atoms with Gasteiger partial charge in [0.1, 0.15) is 21.8 Å². The molecule has 0 aliphatic carbocycles. The largest absolute Gasteiger partial charge is 0.591 e. The van der Waals surface area contributed by atoms with E-state index in [4.69, 9.17) is 0 Å². The first-order valence-corrected chi connectivity index (χ1v) is 9.37. The molecule has 0 bridgehead atoms. The van der Waals surface area contributed by atoms with Gasteiger partial charge in [0, 0.05) is 15.6 Å². The van der Waals surface area contributed by atoms with Crippen LogP contribution in [0.5, 0.6) is 0 Å². The monoisotopic (exact) mass is 413 g/mol. The van der Waals surface area contributed by atoms with Crippen molar-refractivity contribution in [1.82, 2.24) is 0 Å². The maximum atomic E-state index is 12.6. The van der Waals surface area contributed by atoms with Gasteiger partial charge in [-0.2, -0.15) is 10.5 Å². The maximum Gasteiger partial charge on any atom is 0.144 e. The Bertz CT molecular complexity index is 904. The van der Waals surface area contributed by atoms with Crippen LogP contribution in [0.15, 0.2) is 51.3 Å². The first kappa shape index (κ1) is 19.2. The minimum absolute atomic E-state index is 0.378. The zero-order valence-electron chi connectivity index (χ0n) is 14.1. The predicted molar refractivity (Wildman–Crippen MR) is 104 cm³/mol. The molecule has 0 saturated carbocycles. The zero-order chi connectivity index (χ0) is 18.6. The van der Waals surface area contributed by atoms with Gasteiger partial charge in [-0.05, 0) is 51.1 Å². The van der Waals surface area contributed by atoms with E-state index < -0.39 is 16.1 Å². The van der Waals surface area contributed by atoms with E-state index in [1.807, 2.05) is 45.0 Å². The van der Waals surface area contributed by atoms with Crippen molar-refractivity contribution in [2.75, 3.05) is 0 Å². The molecule has 0 N–H and O–H groups in total. The van der Waals surface area contributed by atoms with Crippen molar-refractivity contribution < 1.29 is 4.55 Å². The Morgan fingerprint density at radius 1 is 1.12 bits per heavy atom. The second-order valence-corrected chi connectivity index (χ2v) is 9.12. The van der Waals surface area contributed by atoms with Crippen molar-refractivity contribution in [3.05, 3.63) is 69.2 Å². The van der Waals surface area contributed by atoms with Crippen LogP contribution in [0.4, 0.5) is 0 Å². The molecule has 0 aromatic heterocycles. The van der Waals surface area contributed by atoms with Gasteiger partial charge in [0.05, 0.1) is 23.3 Å². The number of hydrogen-bond donors (Lipinski definition) is 0. The van der Waals surface area contributed by atoms with E-state index in [0.29, 0.717) is 22.4 Å². The van der Waals surface area contributed by atoms with Crippen molar-refractivity contribution in [1.29, 1.82) is 10.5 Å². The Morgan fingerprint density at radius 3 is 2.40 bits per heavy atom. The van der Waals surface area contributed by atoms with Crippen LogP contribution >= 0.6 is 15.9 Å². The fourth-order valence-electron chi connectivity index (χ4n) is 2.02. The van der Waals surface area contributed by atoms with Crippen LogP contribution in [-0.4, -0.2) is 15.0 Å². The molecule has 1 atom stereocenters. The van der Waals surface area contributed by atoms with E-state index in [0.717, 1.165) is 10.0 Å². The fraction of sp³-hybridized carbons (Fsp3) is 0.211. The molecule has 0 fully saturated rings. The fourth-order valence-corrected chi connectivity index (χ4v) is 3.06. The Hall–Kier alpha value is -2.12. The molecule has 1 unspecified atom stereocenters. The number of halogens is 1. The lowest BCUT2D eigenvalue weighted by atomic mass is 9.96. The van der Waals surface area contributed by atoms with Crippen LogP contribution in [0.25, 0.3) is 0 Å². The van der Waals surface area contributed by atoms with Gasteiger partial charge in [0.15, 0.2) is 0 Å². The Kier molecular flexibility index (Phi) is 6.02. The molecule has 0 spiro atoms. The van der Waals surface area contributed by atoms with Gasteiger partial charge in [-0.15, -0.1) is 0 Å². The molecule has 0 aliphatic rings. The van der Waals surface area contributed by atoms with E-state index in [1.165, 1.54) is 0 Å².